The molecule has 15 rings (SSSR count). The molecular weight excluding hydrogens is 1490 g/mol. The average molecular weight is 1570 g/mol. The molecule has 0 amide bonds. The van der Waals surface area contributed by atoms with Crippen molar-refractivity contribution in [3.63, 3.8) is 0 Å². The predicted molar refractivity (Wildman–Crippen MR) is 454 cm³/mol. The number of carbonyl (C=O) groups is 1. The maximum atomic E-state index is 13.5. The molecule has 0 atom stereocenters. The number of esters is 1. The van der Waals surface area contributed by atoms with Crippen LogP contribution in [0.5, 0.6) is 28.7 Å². The van der Waals surface area contributed by atoms with Crippen LogP contribution in [0, 0.1) is 15.9 Å². The van der Waals surface area contributed by atoms with Gasteiger partial charge in [0.2, 0.25) is 23.8 Å². The van der Waals surface area contributed by atoms with E-state index in [0.29, 0.717) is 79.7 Å². The van der Waals surface area contributed by atoms with Crippen molar-refractivity contribution in [2.24, 2.45) is 0 Å². The summed E-state index contributed by atoms with van der Waals surface area (Å²) in [5, 5.41) is 34.0. The number of aromatic nitrogens is 8. The summed E-state index contributed by atoms with van der Waals surface area (Å²) < 4.78 is 39.5. The lowest BCUT2D eigenvalue weighted by Crippen LogP contribution is -2.05. The first-order valence-electron chi connectivity index (χ1n) is 35.8. The van der Waals surface area contributed by atoms with Gasteiger partial charge in [-0.15, -0.1) is 0 Å². The molecule has 0 radical (unpaired) electrons. The molecule has 0 aliphatic carbocycles. The molecule has 25 nitrogen and oxygen atoms in total. The molecule has 4 heterocycles. The number of anilines is 11. The van der Waals surface area contributed by atoms with Crippen molar-refractivity contribution >= 4 is 86.9 Å². The number of halogens is 2. The number of nitro benzene ring substituents is 1. The number of phenols is 1. The molecule has 0 fully saturated rings. The van der Waals surface area contributed by atoms with Crippen LogP contribution in [0.2, 0.25) is 5.02 Å². The highest BCUT2D eigenvalue weighted by atomic mass is 35.5. The number of hydrogen-bond donors (Lipinski definition) is 8. The second kappa shape index (κ2) is 38.4. The van der Waals surface area contributed by atoms with E-state index < -0.39 is 22.3 Å². The lowest BCUT2D eigenvalue weighted by atomic mass is 10.0. The van der Waals surface area contributed by atoms with Crippen molar-refractivity contribution in [2.75, 3.05) is 73.5 Å². The number of nitro groups is 1. The van der Waals surface area contributed by atoms with Gasteiger partial charge in [0.1, 0.15) is 28.8 Å². The van der Waals surface area contributed by atoms with Gasteiger partial charge in [-0.2, -0.15) is 0 Å². The topological polar surface area (TPSA) is 356 Å². The third-order valence-corrected chi connectivity index (χ3v) is 17.6. The zero-order valence-corrected chi connectivity index (χ0v) is 63.9. The van der Waals surface area contributed by atoms with Crippen LogP contribution in [0.3, 0.4) is 0 Å². The maximum absolute atomic E-state index is 13.5. The number of methoxy groups -OCH3 is 4. The van der Waals surface area contributed by atoms with Crippen LogP contribution in [0.15, 0.2) is 292 Å². The van der Waals surface area contributed by atoms with Crippen molar-refractivity contribution in [3.8, 4) is 107 Å². The number of nitrogen functional groups attached to an aromatic ring is 3. The Morgan fingerprint density at radius 1 is 0.414 bits per heavy atom. The first kappa shape index (κ1) is 80.0. The van der Waals surface area contributed by atoms with Gasteiger partial charge in [0.25, 0.3) is 0 Å². The molecule has 0 saturated heterocycles. The third kappa shape index (κ3) is 21.3. The minimum Gasteiger partial charge on any atom is -0.502 e. The molecule has 11 aromatic carbocycles. The van der Waals surface area contributed by atoms with E-state index in [4.69, 9.17) is 52.5 Å². The molecule has 580 valence electrons. The SMILES string of the molecule is CCOC(=O)c1cccc(Nc2nccc(-c3ccc(O)c([N+](=O)[O-])c3)n2)c1.COc1ccc(-c2ccnc(Nc3cccc(-c4cccc(Cl)c4)c3)n2)cc1N.COc1ccc(-c2ccnc(Nc3cccc(-c4cccc(F)c4)c3)n2)cc1N.COc1cccc(-c2cccc(Nc3nccc(-c4ccc(OC)c(N)c4)n3)c2)c1. The normalized spacial score (nSPS) is 10.5. The highest BCUT2D eigenvalue weighted by molar-refractivity contribution is 6.30. The molecule has 116 heavy (non-hydrogen) atoms. The Balaban J connectivity index is 0.000000143. The van der Waals surface area contributed by atoms with Crippen LogP contribution in [0.25, 0.3) is 78.4 Å². The molecule has 4 aromatic heterocycles. The summed E-state index contributed by atoms with van der Waals surface area (Å²) in [5.41, 5.74) is 34.6. The Bertz CT molecular complexity index is 5800. The van der Waals surface area contributed by atoms with Crippen LogP contribution in [0.4, 0.5) is 73.7 Å². The number of hydrogen-bond acceptors (Lipinski definition) is 24. The predicted octanol–water partition coefficient (Wildman–Crippen LogP) is 19.9. The second-order valence-corrected chi connectivity index (χ2v) is 25.6. The zero-order chi connectivity index (χ0) is 81.5. The highest BCUT2D eigenvalue weighted by Crippen LogP contribution is 2.36. The lowest BCUT2D eigenvalue weighted by molar-refractivity contribution is -0.385. The smallest absolute Gasteiger partial charge is 0.338 e. The van der Waals surface area contributed by atoms with Crippen LogP contribution < -0.4 is 57.4 Å². The van der Waals surface area contributed by atoms with Gasteiger partial charge in [0.15, 0.2) is 5.75 Å². The lowest BCUT2D eigenvalue weighted by Gasteiger charge is -2.10. The van der Waals surface area contributed by atoms with E-state index in [-0.39, 0.29) is 18.4 Å². The van der Waals surface area contributed by atoms with Gasteiger partial charge in [-0.3, -0.25) is 10.1 Å². The Morgan fingerprint density at radius 2 is 0.767 bits per heavy atom. The van der Waals surface area contributed by atoms with Gasteiger partial charge in [-0.1, -0.05) is 90.5 Å². The van der Waals surface area contributed by atoms with Gasteiger partial charge in [0, 0.05) is 80.9 Å². The number of aromatic hydroxyl groups is 1. The van der Waals surface area contributed by atoms with E-state index in [0.717, 1.165) is 90.0 Å². The number of phenolic OH excluding ortho intramolecular Hbond substituents is 1. The van der Waals surface area contributed by atoms with E-state index in [1.54, 1.807) is 90.4 Å². The number of nitrogens with zero attached hydrogens (tertiary/aromatic N) is 9. The average Bonchev–Trinajstić information content (AvgIpc) is 0.843. The summed E-state index contributed by atoms with van der Waals surface area (Å²) >= 11 is 6.12. The summed E-state index contributed by atoms with van der Waals surface area (Å²) in [6.07, 6.45) is 6.61. The molecule has 27 heteroatoms. The van der Waals surface area contributed by atoms with Crippen LogP contribution >= 0.6 is 11.6 Å². The molecule has 0 aliphatic heterocycles. The fraction of sp³-hybridized carbons (Fsp3) is 0.0674. The fourth-order valence-corrected chi connectivity index (χ4v) is 11.9. The van der Waals surface area contributed by atoms with Gasteiger partial charge < -0.3 is 67.3 Å². The zero-order valence-electron chi connectivity index (χ0n) is 63.1. The van der Waals surface area contributed by atoms with Crippen molar-refractivity contribution in [3.05, 3.63) is 318 Å². The molecule has 0 unspecified atom stereocenters. The van der Waals surface area contributed by atoms with Gasteiger partial charge in [-0.05, 0) is 222 Å². The third-order valence-electron chi connectivity index (χ3n) is 17.4. The summed E-state index contributed by atoms with van der Waals surface area (Å²) in [6.45, 7) is 2.01. The minimum absolute atomic E-state index is 0.245. The highest BCUT2D eigenvalue weighted by Gasteiger charge is 2.18. The number of nitrogens with one attached hydrogen (secondary N) is 4. The van der Waals surface area contributed by atoms with Gasteiger partial charge >= 0.3 is 11.7 Å². The van der Waals surface area contributed by atoms with Gasteiger partial charge in [0.05, 0.1) is 85.4 Å². The molecule has 11 N–H and O–H groups in total. The van der Waals surface area contributed by atoms with Crippen LogP contribution in [-0.4, -0.2) is 90.9 Å². The molecule has 0 spiro atoms. The van der Waals surface area contributed by atoms with Crippen LogP contribution in [-0.2, 0) is 4.74 Å². The van der Waals surface area contributed by atoms with Crippen molar-refractivity contribution in [1.82, 2.24) is 39.9 Å². The Hall–Kier alpha value is -15.6. The summed E-state index contributed by atoms with van der Waals surface area (Å²) in [6, 6.07) is 80.4. The second-order valence-electron chi connectivity index (χ2n) is 25.2. The molecular formula is C89H76ClFN16O9. The van der Waals surface area contributed by atoms with Crippen LogP contribution in [0.1, 0.15) is 17.3 Å². The van der Waals surface area contributed by atoms with E-state index in [9.17, 15) is 24.4 Å². The number of benzene rings is 11. The first-order chi connectivity index (χ1) is 56.4. The fourth-order valence-electron chi connectivity index (χ4n) is 11.8. The number of rotatable bonds is 22. The molecule has 0 aliphatic rings. The van der Waals surface area contributed by atoms with E-state index in [1.165, 1.54) is 36.5 Å². The summed E-state index contributed by atoms with van der Waals surface area (Å²) in [4.78, 5) is 57.4. The largest absolute Gasteiger partial charge is 0.502 e. The standard InChI is InChI=1S/C24H22N4O2.C23H19ClN4O.C23H19FN4O.C19H16N4O5/c1-29-20-8-4-6-17(14-20)16-5-3-7-19(13-16)27-24-26-12-11-22(28-24)18-9-10-23(30-2)21(25)15-18;2*1-29-22-9-8-17(14-20(22)25)21-10-11-26-23(28-21)27-19-7-3-5-16(13-19)15-4-2-6-18(24)12-15;1-2-28-18(25)13-4-3-5-14(10-13)21-19-20-9-8-15(22-19)12-6-7-17(24)16(11-12)23(26)27/h3-15H,25H2,1-2H3,(H,26,27,28);2*2-14H,25H2,1H3,(H,26,27,28);3-11,24H,2H2,1H3,(H,20,21,22). The quantitative estimate of drug-likeness (QED) is 0.0135. The van der Waals surface area contributed by atoms with Crippen molar-refractivity contribution < 1.29 is 42.9 Å². The Kier molecular flexibility index (Phi) is 26.5. The summed E-state index contributed by atoms with van der Waals surface area (Å²) in [7, 11) is 6.43. The first-order valence-corrected chi connectivity index (χ1v) is 36.2. The summed E-state index contributed by atoms with van der Waals surface area (Å²) in [5.74, 6) is 3.30. The van der Waals surface area contributed by atoms with Crippen molar-refractivity contribution in [1.29, 1.82) is 0 Å². The number of carbonyl (C=O) groups excluding carboxylic acids is 1. The van der Waals surface area contributed by atoms with E-state index >= 15 is 0 Å². The molecule has 15 aromatic rings. The Labute approximate surface area is 671 Å². The number of ether oxygens (including phenoxy) is 5. The Morgan fingerprint density at radius 3 is 1.15 bits per heavy atom. The molecule has 0 bridgehead atoms. The van der Waals surface area contributed by atoms with E-state index in [1.807, 2.05) is 188 Å². The minimum atomic E-state index is -0.667. The van der Waals surface area contributed by atoms with E-state index in [2.05, 4.69) is 73.3 Å². The van der Waals surface area contributed by atoms with Gasteiger partial charge in [-0.25, -0.2) is 49.1 Å². The molecule has 0 saturated carbocycles. The number of nitrogens with two attached hydrogens (primary N) is 3. The van der Waals surface area contributed by atoms with Crippen molar-refractivity contribution in [2.45, 2.75) is 6.92 Å². The maximum Gasteiger partial charge on any atom is 0.338 e. The monoisotopic (exact) mass is 1570 g/mol.